The molecule has 0 unspecified atom stereocenters. The van der Waals surface area contributed by atoms with E-state index in [1.54, 1.807) is 11.3 Å². The number of rotatable bonds is 8. The number of unbranched alkanes of at least 4 members (excludes halogenated alkanes) is 1. The zero-order valence-corrected chi connectivity index (χ0v) is 13.9. The maximum atomic E-state index is 5.81. The van der Waals surface area contributed by atoms with Crippen molar-refractivity contribution in [2.24, 2.45) is 0 Å². The number of hydrogen-bond donors (Lipinski definition) is 1. The number of benzene rings is 1. The summed E-state index contributed by atoms with van der Waals surface area (Å²) in [6.45, 7) is 8.94. The Morgan fingerprint density at radius 3 is 2.86 bits per heavy atom. The fourth-order valence-electron chi connectivity index (χ4n) is 1.96. The first-order chi connectivity index (χ1) is 10.2. The molecule has 2 aromatic rings. The first kappa shape index (κ1) is 16.0. The Hall–Kier alpha value is -1.39. The van der Waals surface area contributed by atoms with Crippen molar-refractivity contribution in [1.82, 2.24) is 10.3 Å². The molecule has 0 aliphatic heterocycles. The largest absolute Gasteiger partial charge is 0.486 e. The van der Waals surface area contributed by atoms with Crippen LogP contribution in [0.1, 0.15) is 40.8 Å². The lowest BCUT2D eigenvalue weighted by Gasteiger charge is -2.06. The van der Waals surface area contributed by atoms with Crippen LogP contribution in [0.4, 0.5) is 0 Å². The van der Waals surface area contributed by atoms with Crippen molar-refractivity contribution in [1.29, 1.82) is 0 Å². The average Bonchev–Trinajstić information content (AvgIpc) is 2.93. The van der Waals surface area contributed by atoms with Crippen molar-refractivity contribution >= 4 is 11.3 Å². The normalized spacial score (nSPS) is 10.8. The molecule has 0 fully saturated rings. The summed E-state index contributed by atoms with van der Waals surface area (Å²) in [5.41, 5.74) is 2.55. The van der Waals surface area contributed by atoms with Crippen LogP contribution >= 0.6 is 11.3 Å². The van der Waals surface area contributed by atoms with E-state index in [9.17, 15) is 0 Å². The fraction of sp³-hybridized carbons (Fsp3) is 0.471. The Bertz CT molecular complexity index is 566. The number of nitrogens with one attached hydrogen (secondary N) is 1. The minimum atomic E-state index is 0.544. The van der Waals surface area contributed by atoms with Crippen LogP contribution in [0, 0.1) is 13.8 Å². The Labute approximate surface area is 131 Å². The summed E-state index contributed by atoms with van der Waals surface area (Å²) < 4.78 is 5.81. The maximum absolute atomic E-state index is 5.81. The number of ether oxygens (including phenoxy) is 1. The third-order valence-corrected chi connectivity index (χ3v) is 4.42. The number of aromatic nitrogens is 1. The molecule has 1 N–H and O–H groups in total. The highest BCUT2D eigenvalue weighted by atomic mass is 32.1. The number of nitrogens with zero attached hydrogens (tertiary/aromatic N) is 1. The Kier molecular flexibility index (Phi) is 6.21. The third-order valence-electron chi connectivity index (χ3n) is 3.45. The predicted molar refractivity (Wildman–Crippen MR) is 89.0 cm³/mol. The summed E-state index contributed by atoms with van der Waals surface area (Å²) in [7, 11) is 0. The van der Waals surface area contributed by atoms with Gasteiger partial charge in [0, 0.05) is 17.6 Å². The van der Waals surface area contributed by atoms with Gasteiger partial charge in [-0.15, -0.1) is 11.3 Å². The van der Waals surface area contributed by atoms with Gasteiger partial charge in [-0.25, -0.2) is 4.98 Å². The molecule has 0 atom stereocenters. The summed E-state index contributed by atoms with van der Waals surface area (Å²) in [5, 5.41) is 4.46. The van der Waals surface area contributed by atoms with Crippen molar-refractivity contribution in [2.75, 3.05) is 6.54 Å². The SMILES string of the molecule is CCCCNCc1cnc(COc2ccc(C)c(C)c2)s1. The molecule has 0 aliphatic rings. The number of thiazole rings is 1. The van der Waals surface area contributed by atoms with Crippen LogP contribution in [0.5, 0.6) is 5.75 Å². The molecule has 1 heterocycles. The Morgan fingerprint density at radius 1 is 1.24 bits per heavy atom. The molecule has 0 amide bonds. The van der Waals surface area contributed by atoms with Gasteiger partial charge in [0.1, 0.15) is 17.4 Å². The smallest absolute Gasteiger partial charge is 0.140 e. The average molecular weight is 304 g/mol. The molecule has 3 nitrogen and oxygen atoms in total. The van der Waals surface area contributed by atoms with Gasteiger partial charge in [-0.1, -0.05) is 19.4 Å². The van der Waals surface area contributed by atoms with E-state index in [0.717, 1.165) is 23.8 Å². The van der Waals surface area contributed by atoms with Crippen molar-refractivity contribution in [2.45, 2.75) is 46.8 Å². The maximum Gasteiger partial charge on any atom is 0.140 e. The van der Waals surface area contributed by atoms with Gasteiger partial charge < -0.3 is 10.1 Å². The molecule has 0 bridgehead atoms. The fourth-order valence-corrected chi connectivity index (χ4v) is 2.76. The van der Waals surface area contributed by atoms with Crippen molar-refractivity contribution in [3.8, 4) is 5.75 Å². The molecule has 0 spiro atoms. The summed E-state index contributed by atoms with van der Waals surface area (Å²) in [5.74, 6) is 0.913. The van der Waals surface area contributed by atoms with Gasteiger partial charge in [0.2, 0.25) is 0 Å². The molecule has 1 aromatic heterocycles. The third kappa shape index (κ3) is 5.14. The van der Waals surface area contributed by atoms with Gasteiger partial charge >= 0.3 is 0 Å². The molecule has 2 rings (SSSR count). The van der Waals surface area contributed by atoms with Crippen LogP contribution in [-0.2, 0) is 13.2 Å². The molecular formula is C17H24N2OS. The van der Waals surface area contributed by atoms with Crippen LogP contribution in [0.2, 0.25) is 0 Å². The van der Waals surface area contributed by atoms with Crippen molar-refractivity contribution in [3.63, 3.8) is 0 Å². The second-order valence-corrected chi connectivity index (χ2v) is 6.49. The molecule has 21 heavy (non-hydrogen) atoms. The van der Waals surface area contributed by atoms with Gasteiger partial charge in [0.25, 0.3) is 0 Å². The summed E-state index contributed by atoms with van der Waals surface area (Å²) >= 11 is 1.72. The van der Waals surface area contributed by atoms with Gasteiger partial charge in [0.05, 0.1) is 0 Å². The summed E-state index contributed by atoms with van der Waals surface area (Å²) in [6.07, 6.45) is 4.40. The lowest BCUT2D eigenvalue weighted by Crippen LogP contribution is -2.13. The van der Waals surface area contributed by atoms with E-state index in [0.29, 0.717) is 6.61 Å². The minimum absolute atomic E-state index is 0.544. The van der Waals surface area contributed by atoms with Crippen LogP contribution in [0.3, 0.4) is 0 Å². The number of hydrogen-bond acceptors (Lipinski definition) is 4. The second kappa shape index (κ2) is 8.15. The molecular weight excluding hydrogens is 280 g/mol. The van der Waals surface area contributed by atoms with E-state index in [2.05, 4.69) is 43.2 Å². The highest BCUT2D eigenvalue weighted by Gasteiger charge is 2.04. The van der Waals surface area contributed by atoms with Gasteiger partial charge in [-0.05, 0) is 50.1 Å². The first-order valence-corrected chi connectivity index (χ1v) is 8.35. The zero-order chi connectivity index (χ0) is 15.1. The van der Waals surface area contributed by atoms with E-state index >= 15 is 0 Å². The molecule has 0 aliphatic carbocycles. The van der Waals surface area contributed by atoms with Crippen LogP contribution in [0.15, 0.2) is 24.4 Å². The first-order valence-electron chi connectivity index (χ1n) is 7.53. The highest BCUT2D eigenvalue weighted by Crippen LogP contribution is 2.19. The molecule has 0 saturated heterocycles. The predicted octanol–water partition coefficient (Wildman–Crippen LogP) is 4.23. The molecule has 0 saturated carbocycles. The molecule has 4 heteroatoms. The Morgan fingerprint density at radius 2 is 2.10 bits per heavy atom. The van der Waals surface area contributed by atoms with Gasteiger partial charge in [0.15, 0.2) is 0 Å². The van der Waals surface area contributed by atoms with E-state index in [4.69, 9.17) is 4.74 Å². The molecule has 0 radical (unpaired) electrons. The van der Waals surface area contributed by atoms with Crippen LogP contribution < -0.4 is 10.1 Å². The molecule has 114 valence electrons. The monoisotopic (exact) mass is 304 g/mol. The lowest BCUT2D eigenvalue weighted by molar-refractivity contribution is 0.305. The standard InChI is InChI=1S/C17H24N2OS/c1-4-5-8-18-10-16-11-19-17(21-16)12-20-15-7-6-13(2)14(3)9-15/h6-7,9,11,18H,4-5,8,10,12H2,1-3H3. The second-order valence-electron chi connectivity index (χ2n) is 5.29. The zero-order valence-electron chi connectivity index (χ0n) is 13.1. The van der Waals surface area contributed by atoms with Crippen LogP contribution in [0.25, 0.3) is 0 Å². The number of aryl methyl sites for hydroxylation is 2. The topological polar surface area (TPSA) is 34.2 Å². The quantitative estimate of drug-likeness (QED) is 0.741. The van der Waals surface area contributed by atoms with E-state index in [-0.39, 0.29) is 0 Å². The minimum Gasteiger partial charge on any atom is -0.486 e. The summed E-state index contributed by atoms with van der Waals surface area (Å²) in [4.78, 5) is 5.69. The van der Waals surface area contributed by atoms with E-state index < -0.39 is 0 Å². The van der Waals surface area contributed by atoms with Crippen molar-refractivity contribution < 1.29 is 4.74 Å². The highest BCUT2D eigenvalue weighted by molar-refractivity contribution is 7.11. The van der Waals surface area contributed by atoms with E-state index in [1.807, 2.05) is 12.3 Å². The lowest BCUT2D eigenvalue weighted by atomic mass is 10.1. The van der Waals surface area contributed by atoms with E-state index in [1.165, 1.54) is 28.8 Å². The van der Waals surface area contributed by atoms with Gasteiger partial charge in [-0.3, -0.25) is 0 Å². The van der Waals surface area contributed by atoms with Crippen LogP contribution in [-0.4, -0.2) is 11.5 Å². The van der Waals surface area contributed by atoms with Gasteiger partial charge in [-0.2, -0.15) is 0 Å². The van der Waals surface area contributed by atoms with Crippen molar-refractivity contribution in [3.05, 3.63) is 45.4 Å². The Balaban J connectivity index is 1.80. The molecule has 1 aromatic carbocycles. The summed E-state index contributed by atoms with van der Waals surface area (Å²) in [6, 6.07) is 6.19.